The first-order valence-electron chi connectivity index (χ1n) is 17.6. The highest BCUT2D eigenvalue weighted by molar-refractivity contribution is 6.02. The molecule has 0 radical (unpaired) electrons. The summed E-state index contributed by atoms with van der Waals surface area (Å²) < 4.78 is 24.8. The summed E-state index contributed by atoms with van der Waals surface area (Å²) in [5.74, 6) is -3.71. The molecule has 1 saturated heterocycles. The number of hydrogen-bond donors (Lipinski definition) is 5. The van der Waals surface area contributed by atoms with E-state index in [2.05, 4.69) is 10.2 Å². The third-order valence-corrected chi connectivity index (χ3v) is 14.0. The Hall–Kier alpha value is -2.65. The Morgan fingerprint density at radius 2 is 1.86 bits per heavy atom. The third-order valence-electron chi connectivity index (χ3n) is 14.0. The molecule has 1 aromatic rings. The van der Waals surface area contributed by atoms with Gasteiger partial charge in [0.15, 0.2) is 0 Å². The number of nitrogens with two attached hydrogens (primary N) is 1. The molecular formula is C36H51N3O10. The van der Waals surface area contributed by atoms with E-state index in [4.69, 9.17) is 24.7 Å². The number of likely N-dealkylation sites (N-methyl/N-ethyl adjacent to an activating group) is 1. The number of benzene rings is 1. The number of esters is 1. The molecule has 1 aliphatic heterocycles. The molecule has 270 valence electrons. The number of para-hydroxylation sites is 1. The fraction of sp³-hybridized carbons (Fsp3) is 0.750. The average molecular weight is 686 g/mol. The van der Waals surface area contributed by atoms with Gasteiger partial charge in [-0.25, -0.2) is 4.79 Å². The quantitative estimate of drug-likeness (QED) is 0.209. The summed E-state index contributed by atoms with van der Waals surface area (Å²) in [6.07, 6.45) is -0.509. The van der Waals surface area contributed by atoms with Crippen LogP contribution in [0.1, 0.15) is 56.3 Å². The summed E-state index contributed by atoms with van der Waals surface area (Å²) in [5.41, 5.74) is 0.900. The molecule has 1 heterocycles. The van der Waals surface area contributed by atoms with Gasteiger partial charge in [0.2, 0.25) is 11.8 Å². The largest absolute Gasteiger partial charge is 0.461 e. The second-order valence-electron chi connectivity index (χ2n) is 15.7. The van der Waals surface area contributed by atoms with Gasteiger partial charge in [-0.1, -0.05) is 26.0 Å². The number of piperidine rings is 1. The van der Waals surface area contributed by atoms with Crippen molar-refractivity contribution in [3.63, 3.8) is 0 Å². The fourth-order valence-corrected chi connectivity index (χ4v) is 12.3. The van der Waals surface area contributed by atoms with E-state index in [0.29, 0.717) is 32.4 Å². The predicted octanol–water partition coefficient (Wildman–Crippen LogP) is 0.932. The van der Waals surface area contributed by atoms with Crippen LogP contribution in [-0.4, -0.2) is 121 Å². The number of fused-ring (bicyclic) bond motifs is 2. The lowest BCUT2D eigenvalue weighted by molar-refractivity contribution is -0.318. The minimum absolute atomic E-state index is 0.0112. The van der Waals surface area contributed by atoms with Crippen molar-refractivity contribution in [1.29, 1.82) is 0 Å². The van der Waals surface area contributed by atoms with E-state index in [1.807, 2.05) is 6.92 Å². The van der Waals surface area contributed by atoms with E-state index in [9.17, 15) is 29.7 Å². The third kappa shape index (κ3) is 4.39. The summed E-state index contributed by atoms with van der Waals surface area (Å²) in [5, 5.41) is 40.8. The van der Waals surface area contributed by atoms with E-state index < -0.39 is 76.0 Å². The minimum Gasteiger partial charge on any atom is -0.461 e. The molecule has 14 atom stereocenters. The Morgan fingerprint density at radius 1 is 1.12 bits per heavy atom. The number of carbonyl (C=O) groups excluding carboxylic acids is 3. The zero-order chi connectivity index (χ0) is 35.3. The van der Waals surface area contributed by atoms with Gasteiger partial charge < -0.3 is 45.3 Å². The van der Waals surface area contributed by atoms with Gasteiger partial charge in [0, 0.05) is 75.2 Å². The summed E-state index contributed by atoms with van der Waals surface area (Å²) in [7, 11) is 4.86. The van der Waals surface area contributed by atoms with E-state index in [-0.39, 0.29) is 54.6 Å². The van der Waals surface area contributed by atoms with E-state index in [1.54, 1.807) is 52.5 Å². The van der Waals surface area contributed by atoms with Crippen molar-refractivity contribution in [2.75, 3.05) is 46.3 Å². The number of aliphatic hydroxyl groups is 3. The molecule has 0 aromatic heterocycles. The Labute approximate surface area is 286 Å². The van der Waals surface area contributed by atoms with Gasteiger partial charge >= 0.3 is 5.97 Å². The Bertz CT molecular complexity index is 1510. The van der Waals surface area contributed by atoms with Crippen LogP contribution < -0.4 is 11.1 Å². The van der Waals surface area contributed by atoms with Crippen molar-refractivity contribution in [2.45, 2.75) is 87.6 Å². The molecule has 5 saturated carbocycles. The molecule has 7 rings (SSSR count). The van der Waals surface area contributed by atoms with Gasteiger partial charge in [-0.05, 0) is 43.9 Å². The topological polar surface area (TPSA) is 190 Å². The average Bonchev–Trinajstić information content (AvgIpc) is 3.44. The summed E-state index contributed by atoms with van der Waals surface area (Å²) in [4.78, 5) is 40.4. The van der Waals surface area contributed by atoms with Crippen LogP contribution in [0.3, 0.4) is 0 Å². The molecule has 7 bridgehead atoms. The van der Waals surface area contributed by atoms with Crippen LogP contribution in [0.2, 0.25) is 0 Å². The molecular weight excluding hydrogens is 634 g/mol. The second kappa shape index (κ2) is 12.0. The number of carbonyl (C=O) groups is 3. The van der Waals surface area contributed by atoms with Gasteiger partial charge in [0.1, 0.15) is 11.2 Å². The van der Waals surface area contributed by atoms with Crippen molar-refractivity contribution in [3.8, 4) is 0 Å². The van der Waals surface area contributed by atoms with Crippen LogP contribution in [0.4, 0.5) is 5.69 Å². The van der Waals surface area contributed by atoms with E-state index >= 15 is 0 Å². The molecule has 13 heteroatoms. The number of primary amides is 1. The molecule has 13 nitrogen and oxygen atoms in total. The molecule has 6 fully saturated rings. The maximum Gasteiger partial charge on any atom is 0.340 e. The molecule has 1 aromatic carbocycles. The zero-order valence-corrected chi connectivity index (χ0v) is 29.0. The molecule has 2 amide bonds. The van der Waals surface area contributed by atoms with Crippen molar-refractivity contribution in [3.05, 3.63) is 29.8 Å². The lowest BCUT2D eigenvalue weighted by Gasteiger charge is -2.70. The minimum atomic E-state index is -1.78. The van der Waals surface area contributed by atoms with Crippen LogP contribution in [0.5, 0.6) is 0 Å². The first-order chi connectivity index (χ1) is 23.3. The molecule has 5 aliphatic carbocycles. The molecule has 6 N–H and O–H groups in total. The van der Waals surface area contributed by atoms with E-state index in [1.165, 1.54) is 0 Å². The number of aliphatic hydroxyl groups excluding tert-OH is 1. The van der Waals surface area contributed by atoms with Gasteiger partial charge in [-0.15, -0.1) is 0 Å². The maximum atomic E-state index is 13.9. The Kier molecular flexibility index (Phi) is 8.49. The number of likely N-dealkylation sites (tertiary alicyclic amines) is 1. The van der Waals surface area contributed by atoms with Crippen molar-refractivity contribution in [1.82, 2.24) is 4.90 Å². The number of amides is 2. The van der Waals surface area contributed by atoms with Crippen LogP contribution >= 0.6 is 0 Å². The van der Waals surface area contributed by atoms with Crippen molar-refractivity contribution in [2.24, 2.45) is 46.2 Å². The Morgan fingerprint density at radius 3 is 2.51 bits per heavy atom. The predicted molar refractivity (Wildman–Crippen MR) is 175 cm³/mol. The van der Waals surface area contributed by atoms with Crippen LogP contribution in [-0.2, 0) is 28.5 Å². The van der Waals surface area contributed by atoms with Crippen molar-refractivity contribution < 1.29 is 48.7 Å². The molecule has 6 aliphatic rings. The smallest absolute Gasteiger partial charge is 0.340 e. The van der Waals surface area contributed by atoms with E-state index in [0.717, 1.165) is 0 Å². The number of nitrogens with one attached hydrogen (secondary N) is 1. The Balaban J connectivity index is 1.27. The van der Waals surface area contributed by atoms with Crippen LogP contribution in [0.25, 0.3) is 0 Å². The van der Waals surface area contributed by atoms with Crippen LogP contribution in [0.15, 0.2) is 24.3 Å². The molecule has 1 spiro atoms. The number of nitrogens with zero attached hydrogens (tertiary/aromatic N) is 1. The SMILES string of the molecule is CCN1C[C@]2(COC(=O)c3ccccc3NC(=O)C[C@H](C)C(N)=O)CC[C@H](OC)[C@]34[C@@H]5C[C@H]6[C@H](O)[C@@H]5[C@@](O)(C[C@H]6OC)[C@@](O)([C@H](OC)[C@H]23)[C@@H]14. The zero-order valence-electron chi connectivity index (χ0n) is 29.0. The number of rotatable bonds is 11. The monoisotopic (exact) mass is 685 g/mol. The highest BCUT2D eigenvalue weighted by atomic mass is 16.5. The standard InChI is InChI=1S/C36H51N3O10/c1-6-39-16-33(17-49-31(43)19-9-7-8-10-22(19)38-25(40)13-18(2)30(37)42)12-11-24(47-4)35-21-14-20-23(46-3)15-34(44,26(21)27(20)41)36(45,32(35)39)29(48-5)28(33)35/h7-10,18,20-21,23-24,26-29,32,41,44-45H,6,11-17H2,1-5H3,(H2,37,42)(H,38,40)/t18-,20+,21+,23+,24-,26+,27-,28+,29+,32-,33-,34-,35+,36+/m0/s1. The first kappa shape index (κ1) is 34.8. The molecule has 0 unspecified atom stereocenters. The highest BCUT2D eigenvalue weighted by Crippen LogP contribution is 2.80. The molecule has 49 heavy (non-hydrogen) atoms. The highest BCUT2D eigenvalue weighted by Gasteiger charge is 2.91. The maximum absolute atomic E-state index is 13.9. The summed E-state index contributed by atoms with van der Waals surface area (Å²) in [6.45, 7) is 4.68. The van der Waals surface area contributed by atoms with Gasteiger partial charge in [-0.3, -0.25) is 14.5 Å². The number of anilines is 1. The van der Waals surface area contributed by atoms with Gasteiger partial charge in [0.25, 0.3) is 0 Å². The number of hydrogen-bond acceptors (Lipinski definition) is 11. The van der Waals surface area contributed by atoms with Crippen molar-refractivity contribution >= 4 is 23.5 Å². The summed E-state index contributed by atoms with van der Waals surface area (Å²) >= 11 is 0. The van der Waals surface area contributed by atoms with Gasteiger partial charge in [-0.2, -0.15) is 0 Å². The second-order valence-corrected chi connectivity index (χ2v) is 15.7. The fourth-order valence-electron chi connectivity index (χ4n) is 12.3. The van der Waals surface area contributed by atoms with Crippen LogP contribution in [0, 0.1) is 40.4 Å². The summed E-state index contributed by atoms with van der Waals surface area (Å²) in [6, 6.07) is 6.04. The number of methoxy groups -OCH3 is 3. The lowest BCUT2D eigenvalue weighted by atomic mass is 9.42. The first-order valence-corrected chi connectivity index (χ1v) is 17.6. The van der Waals surface area contributed by atoms with Gasteiger partial charge in [0.05, 0.1) is 48.3 Å². The number of ether oxygens (including phenoxy) is 4. The normalized spacial score (nSPS) is 45.1. The lowest BCUT2D eigenvalue weighted by Crippen LogP contribution is -2.82.